The van der Waals surface area contributed by atoms with E-state index in [0.29, 0.717) is 0 Å². The Morgan fingerprint density at radius 3 is 2.42 bits per heavy atom. The Morgan fingerprint density at radius 1 is 1.05 bits per heavy atom. The fourth-order valence-electron chi connectivity index (χ4n) is 2.16. The van der Waals surface area contributed by atoms with Crippen molar-refractivity contribution in [3.63, 3.8) is 0 Å². The van der Waals surface area contributed by atoms with Gasteiger partial charge in [0.2, 0.25) is 0 Å². The van der Waals surface area contributed by atoms with E-state index in [9.17, 15) is 4.39 Å². The average molecular weight is 259 g/mol. The second-order valence-electron chi connectivity index (χ2n) is 4.71. The molecule has 0 amide bonds. The molecule has 2 N–H and O–H groups in total. The summed E-state index contributed by atoms with van der Waals surface area (Å²) in [5.41, 5.74) is 9.98. The summed E-state index contributed by atoms with van der Waals surface area (Å²) in [5.74, 6) is 0.525. The van der Waals surface area contributed by atoms with Gasteiger partial charge in [0, 0.05) is 0 Å². The van der Waals surface area contributed by atoms with Crippen molar-refractivity contribution in [2.45, 2.75) is 19.9 Å². The Kier molecular flexibility index (Phi) is 3.86. The van der Waals surface area contributed by atoms with Crippen LogP contribution in [0.3, 0.4) is 0 Å². The molecule has 2 aromatic rings. The fourth-order valence-corrected chi connectivity index (χ4v) is 2.16. The van der Waals surface area contributed by atoms with Gasteiger partial charge in [-0.1, -0.05) is 18.2 Å². The van der Waals surface area contributed by atoms with Gasteiger partial charge in [-0.05, 0) is 54.3 Å². The molecule has 3 heteroatoms. The molecule has 0 aliphatic carbocycles. The largest absolute Gasteiger partial charge is 0.496 e. The third kappa shape index (κ3) is 2.76. The van der Waals surface area contributed by atoms with Gasteiger partial charge in [-0.2, -0.15) is 0 Å². The number of hydrogen-bond acceptors (Lipinski definition) is 2. The molecule has 1 atom stereocenters. The number of hydrogen-bond donors (Lipinski definition) is 1. The maximum Gasteiger partial charge on any atom is 0.123 e. The molecule has 100 valence electrons. The molecule has 0 spiro atoms. The van der Waals surface area contributed by atoms with Crippen molar-refractivity contribution in [3.8, 4) is 5.75 Å². The molecule has 2 aromatic carbocycles. The van der Waals surface area contributed by atoms with Gasteiger partial charge in [0.15, 0.2) is 0 Å². The molecule has 2 rings (SSSR count). The van der Waals surface area contributed by atoms with E-state index in [-0.39, 0.29) is 11.9 Å². The zero-order valence-electron chi connectivity index (χ0n) is 11.4. The van der Waals surface area contributed by atoms with E-state index in [1.54, 1.807) is 13.2 Å². The molecular formula is C16H18FNO. The first-order chi connectivity index (χ1) is 9.02. The molecular weight excluding hydrogens is 241 g/mol. The first kappa shape index (κ1) is 13.6. The van der Waals surface area contributed by atoms with Crippen LogP contribution in [0.15, 0.2) is 36.4 Å². The monoisotopic (exact) mass is 259 g/mol. The van der Waals surface area contributed by atoms with Crippen LogP contribution in [0.5, 0.6) is 5.75 Å². The second-order valence-corrected chi connectivity index (χ2v) is 4.71. The zero-order valence-corrected chi connectivity index (χ0v) is 11.4. The van der Waals surface area contributed by atoms with Crippen molar-refractivity contribution in [2.24, 2.45) is 5.73 Å². The van der Waals surface area contributed by atoms with Gasteiger partial charge in [0.1, 0.15) is 11.6 Å². The Balaban J connectivity index is 2.43. The smallest absolute Gasteiger partial charge is 0.123 e. The van der Waals surface area contributed by atoms with Crippen LogP contribution >= 0.6 is 0 Å². The van der Waals surface area contributed by atoms with E-state index in [4.69, 9.17) is 10.5 Å². The summed E-state index contributed by atoms with van der Waals surface area (Å²) >= 11 is 0. The van der Waals surface area contributed by atoms with Crippen LogP contribution in [0.2, 0.25) is 0 Å². The molecule has 0 fully saturated rings. The van der Waals surface area contributed by atoms with E-state index in [1.165, 1.54) is 12.1 Å². The summed E-state index contributed by atoms with van der Waals surface area (Å²) in [5, 5.41) is 0. The molecule has 0 aromatic heterocycles. The predicted molar refractivity (Wildman–Crippen MR) is 74.9 cm³/mol. The predicted octanol–water partition coefficient (Wildman–Crippen LogP) is 3.50. The third-order valence-corrected chi connectivity index (χ3v) is 3.37. The first-order valence-corrected chi connectivity index (χ1v) is 6.19. The van der Waals surface area contributed by atoms with Gasteiger partial charge in [0.05, 0.1) is 13.2 Å². The molecule has 0 saturated carbocycles. The Hall–Kier alpha value is -1.87. The van der Waals surface area contributed by atoms with Crippen molar-refractivity contribution >= 4 is 0 Å². The molecule has 0 radical (unpaired) electrons. The number of halogens is 1. The molecule has 19 heavy (non-hydrogen) atoms. The van der Waals surface area contributed by atoms with Crippen molar-refractivity contribution in [3.05, 3.63) is 64.5 Å². The number of nitrogens with two attached hydrogens (primary N) is 1. The number of methoxy groups -OCH3 is 1. The summed E-state index contributed by atoms with van der Waals surface area (Å²) in [6, 6.07) is 10.1. The molecule has 0 bridgehead atoms. The Morgan fingerprint density at radius 2 is 1.74 bits per heavy atom. The highest BCUT2D eigenvalue weighted by Crippen LogP contribution is 2.27. The van der Waals surface area contributed by atoms with Crippen molar-refractivity contribution in [2.75, 3.05) is 7.11 Å². The van der Waals surface area contributed by atoms with Crippen LogP contribution < -0.4 is 10.5 Å². The topological polar surface area (TPSA) is 35.2 Å². The van der Waals surface area contributed by atoms with E-state index in [2.05, 4.69) is 0 Å². The molecule has 0 aliphatic rings. The van der Waals surface area contributed by atoms with Gasteiger partial charge < -0.3 is 10.5 Å². The average Bonchev–Trinajstić information content (AvgIpc) is 2.41. The summed E-state index contributed by atoms with van der Waals surface area (Å²) < 4.78 is 18.6. The maximum atomic E-state index is 13.4. The van der Waals surface area contributed by atoms with Crippen LogP contribution in [0.1, 0.15) is 28.3 Å². The van der Waals surface area contributed by atoms with Gasteiger partial charge >= 0.3 is 0 Å². The number of aryl methyl sites for hydroxylation is 2. The van der Waals surface area contributed by atoms with Crippen LogP contribution in [-0.2, 0) is 0 Å². The number of ether oxygens (including phenoxy) is 1. The highest BCUT2D eigenvalue weighted by Gasteiger charge is 2.13. The number of benzene rings is 2. The Labute approximate surface area is 113 Å². The molecule has 0 saturated heterocycles. The maximum absolute atomic E-state index is 13.4. The highest BCUT2D eigenvalue weighted by molar-refractivity contribution is 5.42. The first-order valence-electron chi connectivity index (χ1n) is 6.19. The lowest BCUT2D eigenvalue weighted by Gasteiger charge is -2.17. The van der Waals surface area contributed by atoms with E-state index < -0.39 is 0 Å². The van der Waals surface area contributed by atoms with Crippen LogP contribution in [0, 0.1) is 19.7 Å². The van der Waals surface area contributed by atoms with Crippen LogP contribution in [0.25, 0.3) is 0 Å². The van der Waals surface area contributed by atoms with Crippen LogP contribution in [0.4, 0.5) is 4.39 Å². The Bertz CT molecular complexity index is 595. The van der Waals surface area contributed by atoms with Gasteiger partial charge in [-0.25, -0.2) is 4.39 Å². The van der Waals surface area contributed by atoms with Gasteiger partial charge in [-0.3, -0.25) is 0 Å². The SMILES string of the molecule is COc1cc(C(N)c2cc(F)ccc2C)ccc1C. The zero-order chi connectivity index (χ0) is 14.0. The second kappa shape index (κ2) is 5.41. The lowest BCUT2D eigenvalue weighted by atomic mass is 9.95. The number of rotatable bonds is 3. The molecule has 0 heterocycles. The molecule has 0 aliphatic heterocycles. The molecule has 2 nitrogen and oxygen atoms in total. The van der Waals surface area contributed by atoms with Crippen molar-refractivity contribution in [1.82, 2.24) is 0 Å². The van der Waals surface area contributed by atoms with E-state index in [1.807, 2.05) is 32.0 Å². The quantitative estimate of drug-likeness (QED) is 0.915. The molecule has 1 unspecified atom stereocenters. The highest BCUT2D eigenvalue weighted by atomic mass is 19.1. The summed E-state index contributed by atoms with van der Waals surface area (Å²) in [4.78, 5) is 0. The van der Waals surface area contributed by atoms with E-state index >= 15 is 0 Å². The fraction of sp³-hybridized carbons (Fsp3) is 0.250. The normalized spacial score (nSPS) is 12.3. The summed E-state index contributed by atoms with van der Waals surface area (Å²) in [7, 11) is 1.63. The van der Waals surface area contributed by atoms with E-state index in [0.717, 1.165) is 28.0 Å². The standard InChI is InChI=1S/C16H18FNO/c1-10-5-7-13(17)9-14(10)16(18)12-6-4-11(2)15(8-12)19-3/h4-9,16H,18H2,1-3H3. The van der Waals surface area contributed by atoms with Gasteiger partial charge in [-0.15, -0.1) is 0 Å². The van der Waals surface area contributed by atoms with Gasteiger partial charge in [0.25, 0.3) is 0 Å². The minimum Gasteiger partial charge on any atom is -0.496 e. The minimum atomic E-state index is -0.356. The lowest BCUT2D eigenvalue weighted by molar-refractivity contribution is 0.411. The third-order valence-electron chi connectivity index (χ3n) is 3.37. The summed E-state index contributed by atoms with van der Waals surface area (Å²) in [6.07, 6.45) is 0. The van der Waals surface area contributed by atoms with Crippen molar-refractivity contribution < 1.29 is 9.13 Å². The van der Waals surface area contributed by atoms with Crippen molar-refractivity contribution in [1.29, 1.82) is 0 Å². The summed E-state index contributed by atoms with van der Waals surface area (Å²) in [6.45, 7) is 3.90. The lowest BCUT2D eigenvalue weighted by Crippen LogP contribution is -2.13. The van der Waals surface area contributed by atoms with Crippen LogP contribution in [-0.4, -0.2) is 7.11 Å². The minimum absolute atomic E-state index is 0.268.